The van der Waals surface area contributed by atoms with Gasteiger partial charge in [0.2, 0.25) is 5.91 Å². The Kier molecular flexibility index (Phi) is 6.94. The molecule has 110 valence electrons. The van der Waals surface area contributed by atoms with Crippen molar-refractivity contribution in [2.75, 3.05) is 25.5 Å². The van der Waals surface area contributed by atoms with E-state index in [1.807, 2.05) is 20.0 Å². The van der Waals surface area contributed by atoms with Crippen molar-refractivity contribution in [1.82, 2.24) is 4.90 Å². The molecule has 1 aromatic carbocycles. The lowest BCUT2D eigenvalue weighted by molar-refractivity contribution is -0.116. The molecule has 1 aromatic rings. The fraction of sp³-hybridized carbons (Fsp3) is 0.438. The summed E-state index contributed by atoms with van der Waals surface area (Å²) in [7, 11) is 1.95. The van der Waals surface area contributed by atoms with Gasteiger partial charge in [-0.1, -0.05) is 0 Å². The molecule has 0 spiro atoms. The highest BCUT2D eigenvalue weighted by Gasteiger charge is 2.07. The van der Waals surface area contributed by atoms with Gasteiger partial charge >= 0.3 is 0 Å². The van der Waals surface area contributed by atoms with Gasteiger partial charge in [-0.15, -0.1) is 0 Å². The van der Waals surface area contributed by atoms with E-state index in [1.54, 1.807) is 24.3 Å². The lowest BCUT2D eigenvalue weighted by Gasteiger charge is -2.17. The average molecular weight is 284 g/mol. The van der Waals surface area contributed by atoms with Crippen LogP contribution in [0.4, 0.5) is 5.69 Å². The molecule has 1 N–H and O–H groups in total. The Morgan fingerprint density at radius 2 is 2.00 bits per heavy atom. The number of amides is 1. The van der Waals surface area contributed by atoms with E-state index in [-0.39, 0.29) is 11.8 Å². The number of hydrogen-bond donors (Lipinski definition) is 1. The van der Waals surface area contributed by atoms with Crippen LogP contribution in [0.3, 0.4) is 0 Å². The largest absolute Gasteiger partial charge is 0.326 e. The van der Waals surface area contributed by atoms with Crippen LogP contribution in [0.1, 0.15) is 25.3 Å². The zero-order valence-corrected chi connectivity index (χ0v) is 12.5. The Balaban J connectivity index is 2.28. The second-order valence-corrected chi connectivity index (χ2v) is 5.13. The molecule has 5 heteroatoms. The molecule has 0 aliphatic heterocycles. The van der Waals surface area contributed by atoms with Crippen LogP contribution in [-0.2, 0) is 4.79 Å². The number of nitrogens with one attached hydrogen (secondary N) is 1. The van der Waals surface area contributed by atoms with Gasteiger partial charge in [-0.25, -0.2) is 0 Å². The first kappa shape index (κ1) is 16.7. The van der Waals surface area contributed by atoms with Crippen molar-refractivity contribution < 1.29 is 4.79 Å². The third-order valence-electron chi connectivity index (χ3n) is 3.05. The van der Waals surface area contributed by atoms with Crippen LogP contribution in [0.5, 0.6) is 0 Å². The van der Waals surface area contributed by atoms with E-state index in [0.29, 0.717) is 24.2 Å². The molecule has 0 aliphatic carbocycles. The Morgan fingerprint density at radius 3 is 2.57 bits per heavy atom. The van der Waals surface area contributed by atoms with Gasteiger partial charge < -0.3 is 10.2 Å². The smallest absolute Gasteiger partial charge is 0.224 e. The molecule has 1 atom stereocenters. The lowest BCUT2D eigenvalue weighted by atomic mass is 10.2. The Morgan fingerprint density at radius 1 is 1.33 bits per heavy atom. The minimum atomic E-state index is -0.0403. The Labute approximate surface area is 125 Å². The number of carbonyl (C=O) groups excluding carboxylic acids is 1. The Bertz CT molecular complexity index is 539. The van der Waals surface area contributed by atoms with Gasteiger partial charge in [-0.2, -0.15) is 10.5 Å². The molecule has 0 radical (unpaired) electrons. The quantitative estimate of drug-likeness (QED) is 0.833. The normalized spacial score (nSPS) is 11.5. The fourth-order valence-electron chi connectivity index (χ4n) is 1.96. The van der Waals surface area contributed by atoms with Crippen molar-refractivity contribution in [3.8, 4) is 12.1 Å². The highest BCUT2D eigenvalue weighted by molar-refractivity contribution is 5.90. The van der Waals surface area contributed by atoms with Crippen LogP contribution in [-0.4, -0.2) is 30.9 Å². The summed E-state index contributed by atoms with van der Waals surface area (Å²) in [6.07, 6.45) is 1.18. The standard InChI is InChI=1S/C16H20N4O/c1-13(10-17)12-20(2)9-3-4-16(21)19-15-7-5-14(11-18)6-8-15/h5-8,13H,3-4,9,12H2,1-2H3,(H,19,21). The van der Waals surface area contributed by atoms with Crippen LogP contribution in [0.2, 0.25) is 0 Å². The third-order valence-corrected chi connectivity index (χ3v) is 3.05. The number of nitriles is 2. The number of benzene rings is 1. The predicted octanol–water partition coefficient (Wildman–Crippen LogP) is 2.37. The number of nitrogens with zero attached hydrogens (tertiary/aromatic N) is 3. The van der Waals surface area contributed by atoms with Gasteiger partial charge in [0.15, 0.2) is 0 Å². The first-order valence-electron chi connectivity index (χ1n) is 6.93. The van der Waals surface area contributed by atoms with Crippen LogP contribution >= 0.6 is 0 Å². The summed E-state index contributed by atoms with van der Waals surface area (Å²) in [6.45, 7) is 3.38. The van der Waals surface area contributed by atoms with Crippen molar-refractivity contribution in [3.63, 3.8) is 0 Å². The third kappa shape index (κ3) is 6.56. The van der Waals surface area contributed by atoms with Crippen LogP contribution in [0, 0.1) is 28.6 Å². The average Bonchev–Trinajstić information content (AvgIpc) is 2.47. The highest BCUT2D eigenvalue weighted by Crippen LogP contribution is 2.09. The maximum Gasteiger partial charge on any atom is 0.224 e. The van der Waals surface area contributed by atoms with Crippen LogP contribution in [0.15, 0.2) is 24.3 Å². The number of carbonyl (C=O) groups is 1. The van der Waals surface area contributed by atoms with E-state index >= 15 is 0 Å². The predicted molar refractivity (Wildman–Crippen MR) is 81.3 cm³/mol. The molecule has 1 amide bonds. The lowest BCUT2D eigenvalue weighted by Crippen LogP contribution is -2.25. The van der Waals surface area contributed by atoms with Crippen molar-refractivity contribution in [2.45, 2.75) is 19.8 Å². The molecular weight excluding hydrogens is 264 g/mol. The van der Waals surface area contributed by atoms with Gasteiger partial charge in [0.1, 0.15) is 0 Å². The molecule has 5 nitrogen and oxygen atoms in total. The SMILES string of the molecule is CC(C#N)CN(C)CCCC(=O)Nc1ccc(C#N)cc1. The molecule has 0 saturated carbocycles. The first-order chi connectivity index (χ1) is 10.0. The van der Waals surface area contributed by atoms with E-state index in [4.69, 9.17) is 10.5 Å². The monoisotopic (exact) mass is 284 g/mol. The molecule has 1 rings (SSSR count). The summed E-state index contributed by atoms with van der Waals surface area (Å²) in [4.78, 5) is 13.8. The van der Waals surface area contributed by atoms with Crippen molar-refractivity contribution >= 4 is 11.6 Å². The van der Waals surface area contributed by atoms with Gasteiger partial charge in [-0.05, 0) is 51.2 Å². The van der Waals surface area contributed by atoms with E-state index in [2.05, 4.69) is 16.3 Å². The van der Waals surface area contributed by atoms with E-state index in [1.165, 1.54) is 0 Å². The molecular formula is C16H20N4O. The molecule has 0 bridgehead atoms. The molecule has 0 heterocycles. The van der Waals surface area contributed by atoms with E-state index in [9.17, 15) is 4.79 Å². The molecule has 0 aromatic heterocycles. The van der Waals surface area contributed by atoms with Crippen molar-refractivity contribution in [3.05, 3.63) is 29.8 Å². The zero-order valence-electron chi connectivity index (χ0n) is 12.5. The summed E-state index contributed by atoms with van der Waals surface area (Å²) in [5.41, 5.74) is 1.27. The number of hydrogen-bond acceptors (Lipinski definition) is 4. The summed E-state index contributed by atoms with van der Waals surface area (Å²) >= 11 is 0. The molecule has 1 unspecified atom stereocenters. The summed E-state index contributed by atoms with van der Waals surface area (Å²) in [5.74, 6) is -0.0380. The Hall–Kier alpha value is -2.37. The molecule has 0 aliphatic rings. The topological polar surface area (TPSA) is 79.9 Å². The minimum Gasteiger partial charge on any atom is -0.326 e. The second-order valence-electron chi connectivity index (χ2n) is 5.13. The number of anilines is 1. The van der Waals surface area contributed by atoms with Gasteiger partial charge in [0.05, 0.1) is 23.6 Å². The number of rotatable bonds is 7. The molecule has 0 fully saturated rings. The summed E-state index contributed by atoms with van der Waals surface area (Å²) < 4.78 is 0. The van der Waals surface area contributed by atoms with Crippen LogP contribution < -0.4 is 5.32 Å². The van der Waals surface area contributed by atoms with Gasteiger partial charge in [0.25, 0.3) is 0 Å². The molecule has 0 saturated heterocycles. The second kappa shape index (κ2) is 8.73. The maximum atomic E-state index is 11.8. The summed E-state index contributed by atoms with van der Waals surface area (Å²) in [6, 6.07) is 11.0. The fourth-order valence-corrected chi connectivity index (χ4v) is 1.96. The van der Waals surface area contributed by atoms with Gasteiger partial charge in [-0.3, -0.25) is 4.79 Å². The first-order valence-corrected chi connectivity index (χ1v) is 6.93. The maximum absolute atomic E-state index is 11.8. The molecule has 21 heavy (non-hydrogen) atoms. The summed E-state index contributed by atoms with van der Waals surface area (Å²) in [5, 5.41) is 20.2. The van der Waals surface area contributed by atoms with E-state index < -0.39 is 0 Å². The zero-order chi connectivity index (χ0) is 15.7. The minimum absolute atomic E-state index is 0.00229. The highest BCUT2D eigenvalue weighted by atomic mass is 16.1. The van der Waals surface area contributed by atoms with Crippen molar-refractivity contribution in [2.24, 2.45) is 5.92 Å². The van der Waals surface area contributed by atoms with Gasteiger partial charge in [0, 0.05) is 18.7 Å². The van der Waals surface area contributed by atoms with Crippen molar-refractivity contribution in [1.29, 1.82) is 10.5 Å². The van der Waals surface area contributed by atoms with E-state index in [0.717, 1.165) is 13.0 Å². The van der Waals surface area contributed by atoms with Crippen LogP contribution in [0.25, 0.3) is 0 Å².